The molecule has 0 radical (unpaired) electrons. The SMILES string of the molecule is Cl.NCC1CCCCC1NC(=O)CCC1CCCO1. The van der Waals surface area contributed by atoms with Crippen LogP contribution in [0.25, 0.3) is 0 Å². The third-order valence-electron chi connectivity index (χ3n) is 4.28. The maximum Gasteiger partial charge on any atom is 0.220 e. The summed E-state index contributed by atoms with van der Waals surface area (Å²) >= 11 is 0. The lowest BCUT2D eigenvalue weighted by Gasteiger charge is -2.31. The van der Waals surface area contributed by atoms with Crippen molar-refractivity contribution in [2.75, 3.05) is 13.2 Å². The number of amides is 1. The topological polar surface area (TPSA) is 64.3 Å². The van der Waals surface area contributed by atoms with Crippen molar-refractivity contribution < 1.29 is 9.53 Å². The summed E-state index contributed by atoms with van der Waals surface area (Å²) in [5, 5.41) is 3.17. The van der Waals surface area contributed by atoms with Crippen LogP contribution in [0.2, 0.25) is 0 Å². The van der Waals surface area contributed by atoms with Crippen LogP contribution in [0.3, 0.4) is 0 Å². The average molecular weight is 291 g/mol. The molecule has 3 N–H and O–H groups in total. The molecule has 112 valence electrons. The molecule has 1 heterocycles. The highest BCUT2D eigenvalue weighted by Crippen LogP contribution is 2.24. The summed E-state index contributed by atoms with van der Waals surface area (Å²) in [5.74, 6) is 0.654. The predicted molar refractivity (Wildman–Crippen MR) is 78.4 cm³/mol. The van der Waals surface area contributed by atoms with Crippen LogP contribution in [-0.4, -0.2) is 31.2 Å². The van der Waals surface area contributed by atoms with Crippen molar-refractivity contribution in [1.82, 2.24) is 5.32 Å². The van der Waals surface area contributed by atoms with Gasteiger partial charge in [0, 0.05) is 19.1 Å². The van der Waals surface area contributed by atoms with E-state index in [1.807, 2.05) is 0 Å². The van der Waals surface area contributed by atoms with E-state index in [0.29, 0.717) is 31.0 Å². The van der Waals surface area contributed by atoms with Gasteiger partial charge in [-0.15, -0.1) is 12.4 Å². The summed E-state index contributed by atoms with van der Waals surface area (Å²) in [7, 11) is 0. The van der Waals surface area contributed by atoms with E-state index in [1.54, 1.807) is 0 Å². The Hall–Kier alpha value is -0.320. The summed E-state index contributed by atoms with van der Waals surface area (Å²) in [6.07, 6.45) is 8.75. The van der Waals surface area contributed by atoms with E-state index in [-0.39, 0.29) is 18.3 Å². The molecule has 2 rings (SSSR count). The second kappa shape index (κ2) is 8.77. The van der Waals surface area contributed by atoms with Crippen molar-refractivity contribution in [1.29, 1.82) is 0 Å². The van der Waals surface area contributed by atoms with Crippen molar-refractivity contribution in [3.05, 3.63) is 0 Å². The molecule has 1 aliphatic heterocycles. The maximum atomic E-state index is 11.9. The average Bonchev–Trinajstić information content (AvgIpc) is 2.90. The van der Waals surface area contributed by atoms with E-state index in [9.17, 15) is 4.79 Å². The van der Waals surface area contributed by atoms with Crippen molar-refractivity contribution >= 4 is 18.3 Å². The fourth-order valence-electron chi connectivity index (χ4n) is 3.12. The van der Waals surface area contributed by atoms with Crippen LogP contribution in [0.5, 0.6) is 0 Å². The number of hydrogen-bond acceptors (Lipinski definition) is 3. The molecule has 1 saturated carbocycles. The van der Waals surface area contributed by atoms with Crippen LogP contribution < -0.4 is 11.1 Å². The fraction of sp³-hybridized carbons (Fsp3) is 0.929. The van der Waals surface area contributed by atoms with Gasteiger partial charge in [-0.25, -0.2) is 0 Å². The first-order chi connectivity index (χ1) is 8.79. The molecule has 0 aromatic rings. The van der Waals surface area contributed by atoms with Crippen molar-refractivity contribution in [2.45, 2.75) is 63.5 Å². The van der Waals surface area contributed by atoms with Gasteiger partial charge in [0.05, 0.1) is 6.10 Å². The second-order valence-corrected chi connectivity index (χ2v) is 5.63. The molecule has 1 amide bonds. The Labute approximate surface area is 122 Å². The van der Waals surface area contributed by atoms with E-state index < -0.39 is 0 Å². The number of halogens is 1. The predicted octanol–water partition coefficient (Wildman–Crippen LogP) is 2.00. The van der Waals surface area contributed by atoms with Gasteiger partial charge in [0.2, 0.25) is 5.91 Å². The molecule has 0 spiro atoms. The Bertz CT molecular complexity index is 270. The van der Waals surface area contributed by atoms with Gasteiger partial charge in [0.25, 0.3) is 0 Å². The molecule has 4 nitrogen and oxygen atoms in total. The monoisotopic (exact) mass is 290 g/mol. The molecule has 5 heteroatoms. The van der Waals surface area contributed by atoms with Crippen molar-refractivity contribution in [3.8, 4) is 0 Å². The van der Waals surface area contributed by atoms with Crippen molar-refractivity contribution in [3.63, 3.8) is 0 Å². The van der Waals surface area contributed by atoms with Crippen LogP contribution >= 0.6 is 12.4 Å². The van der Waals surface area contributed by atoms with Crippen molar-refractivity contribution in [2.24, 2.45) is 11.7 Å². The first-order valence-corrected chi connectivity index (χ1v) is 7.40. The molecular formula is C14H27ClN2O2. The molecular weight excluding hydrogens is 264 g/mol. The number of rotatable bonds is 5. The summed E-state index contributed by atoms with van der Waals surface area (Å²) < 4.78 is 5.54. The zero-order chi connectivity index (χ0) is 12.8. The zero-order valence-electron chi connectivity index (χ0n) is 11.6. The van der Waals surface area contributed by atoms with E-state index >= 15 is 0 Å². The number of carbonyl (C=O) groups is 1. The second-order valence-electron chi connectivity index (χ2n) is 5.63. The minimum Gasteiger partial charge on any atom is -0.378 e. The zero-order valence-corrected chi connectivity index (χ0v) is 12.4. The number of carbonyl (C=O) groups excluding carboxylic acids is 1. The summed E-state index contributed by atoms with van der Waals surface area (Å²) in [4.78, 5) is 11.9. The highest BCUT2D eigenvalue weighted by molar-refractivity contribution is 5.85. The van der Waals surface area contributed by atoms with Crippen LogP contribution in [0.1, 0.15) is 51.4 Å². The largest absolute Gasteiger partial charge is 0.378 e. The quantitative estimate of drug-likeness (QED) is 0.814. The Balaban J connectivity index is 0.00000180. The standard InChI is InChI=1S/C14H26N2O2.ClH/c15-10-11-4-1-2-6-13(11)16-14(17)8-7-12-5-3-9-18-12;/h11-13H,1-10,15H2,(H,16,17);1H. The first kappa shape index (κ1) is 16.7. The van der Waals surface area contributed by atoms with E-state index in [2.05, 4.69) is 5.32 Å². The van der Waals surface area contributed by atoms with Crippen LogP contribution in [0.15, 0.2) is 0 Å². The van der Waals surface area contributed by atoms with E-state index in [4.69, 9.17) is 10.5 Å². The summed E-state index contributed by atoms with van der Waals surface area (Å²) in [5.41, 5.74) is 5.77. The Kier molecular flexibility index (Phi) is 7.73. The van der Waals surface area contributed by atoms with E-state index in [1.165, 1.54) is 12.8 Å². The minimum atomic E-state index is 0. The molecule has 0 bridgehead atoms. The summed E-state index contributed by atoms with van der Waals surface area (Å²) in [6.45, 7) is 1.56. The number of hydrogen-bond donors (Lipinski definition) is 2. The Morgan fingerprint density at radius 2 is 2.00 bits per heavy atom. The first-order valence-electron chi connectivity index (χ1n) is 7.40. The van der Waals surface area contributed by atoms with E-state index in [0.717, 1.165) is 38.7 Å². The van der Waals surface area contributed by atoms with Gasteiger partial charge in [-0.3, -0.25) is 4.79 Å². The molecule has 2 aliphatic rings. The lowest BCUT2D eigenvalue weighted by molar-refractivity contribution is -0.123. The normalized spacial score (nSPS) is 30.7. The molecule has 1 saturated heterocycles. The highest BCUT2D eigenvalue weighted by Gasteiger charge is 2.25. The number of ether oxygens (including phenoxy) is 1. The molecule has 19 heavy (non-hydrogen) atoms. The number of nitrogens with one attached hydrogen (secondary N) is 1. The van der Waals surface area contributed by atoms with Crippen LogP contribution in [0, 0.1) is 5.92 Å². The van der Waals surface area contributed by atoms with Gasteiger partial charge < -0.3 is 15.8 Å². The Morgan fingerprint density at radius 1 is 1.21 bits per heavy atom. The van der Waals surface area contributed by atoms with Crippen LogP contribution in [-0.2, 0) is 9.53 Å². The number of nitrogens with two attached hydrogens (primary N) is 1. The van der Waals surface area contributed by atoms with Gasteiger partial charge in [-0.2, -0.15) is 0 Å². The summed E-state index contributed by atoms with van der Waals surface area (Å²) in [6, 6.07) is 0.306. The van der Waals surface area contributed by atoms with Gasteiger partial charge in [-0.1, -0.05) is 12.8 Å². The smallest absolute Gasteiger partial charge is 0.220 e. The van der Waals surface area contributed by atoms with Gasteiger partial charge in [-0.05, 0) is 44.6 Å². The molecule has 0 aromatic heterocycles. The highest BCUT2D eigenvalue weighted by atomic mass is 35.5. The molecule has 1 aliphatic carbocycles. The molecule has 2 fully saturated rings. The third kappa shape index (κ3) is 5.28. The van der Waals surface area contributed by atoms with Crippen LogP contribution in [0.4, 0.5) is 0 Å². The van der Waals surface area contributed by atoms with Gasteiger partial charge in [0.15, 0.2) is 0 Å². The minimum absolute atomic E-state index is 0. The third-order valence-corrected chi connectivity index (χ3v) is 4.28. The molecule has 0 aromatic carbocycles. The lowest BCUT2D eigenvalue weighted by Crippen LogP contribution is -2.44. The van der Waals surface area contributed by atoms with Gasteiger partial charge in [0.1, 0.15) is 0 Å². The lowest BCUT2D eigenvalue weighted by atomic mass is 9.84. The van der Waals surface area contributed by atoms with Gasteiger partial charge >= 0.3 is 0 Å². The Morgan fingerprint density at radius 3 is 2.68 bits per heavy atom. The molecule has 3 atom stereocenters. The fourth-order valence-corrected chi connectivity index (χ4v) is 3.12. The molecule has 3 unspecified atom stereocenters. The maximum absolute atomic E-state index is 11.9.